The first kappa shape index (κ1) is 12.3. The summed E-state index contributed by atoms with van der Waals surface area (Å²) in [6, 6.07) is 8.00. The van der Waals surface area contributed by atoms with Crippen LogP contribution in [0.4, 0.5) is 0 Å². The molecule has 2 rings (SSSR count). The first-order valence-electron chi connectivity index (χ1n) is 6.03. The van der Waals surface area contributed by atoms with Gasteiger partial charge in [-0.15, -0.1) is 0 Å². The summed E-state index contributed by atoms with van der Waals surface area (Å²) in [5.41, 5.74) is 1.01. The van der Waals surface area contributed by atoms with Crippen LogP contribution in [0.1, 0.15) is 31.2 Å². The lowest BCUT2D eigenvalue weighted by Crippen LogP contribution is -2.29. The minimum atomic E-state index is 0.0275. The molecule has 0 amide bonds. The largest absolute Gasteiger partial charge is 0.489 e. The summed E-state index contributed by atoms with van der Waals surface area (Å²) in [5, 5.41) is 9.84. The van der Waals surface area contributed by atoms with Crippen LogP contribution >= 0.6 is 11.6 Å². The van der Waals surface area contributed by atoms with E-state index in [2.05, 4.69) is 6.07 Å². The van der Waals surface area contributed by atoms with Crippen LogP contribution in [0, 0.1) is 24.2 Å². The molecule has 2 nitrogen and oxygen atoms in total. The van der Waals surface area contributed by atoms with E-state index in [0.29, 0.717) is 0 Å². The Labute approximate surface area is 107 Å². The number of benzene rings is 1. The molecule has 0 heterocycles. The van der Waals surface area contributed by atoms with Crippen LogP contribution in [-0.4, -0.2) is 6.10 Å². The van der Waals surface area contributed by atoms with E-state index < -0.39 is 0 Å². The van der Waals surface area contributed by atoms with Gasteiger partial charge in [0.1, 0.15) is 11.9 Å². The van der Waals surface area contributed by atoms with E-state index in [1.807, 2.05) is 25.1 Å². The molecule has 2 unspecified atom stereocenters. The van der Waals surface area contributed by atoms with Gasteiger partial charge in [-0.05, 0) is 49.9 Å². The zero-order chi connectivity index (χ0) is 12.3. The van der Waals surface area contributed by atoms with Crippen molar-refractivity contribution >= 4 is 11.6 Å². The van der Waals surface area contributed by atoms with Crippen molar-refractivity contribution in [3.8, 4) is 11.8 Å². The first-order valence-corrected chi connectivity index (χ1v) is 6.41. The van der Waals surface area contributed by atoms with Crippen LogP contribution in [0.3, 0.4) is 0 Å². The Bertz CT molecular complexity index is 438. The molecule has 90 valence electrons. The molecule has 0 saturated heterocycles. The quantitative estimate of drug-likeness (QED) is 0.790. The molecule has 1 fully saturated rings. The van der Waals surface area contributed by atoms with Gasteiger partial charge in [0.25, 0.3) is 0 Å². The number of hydrogen-bond acceptors (Lipinski definition) is 2. The van der Waals surface area contributed by atoms with Gasteiger partial charge in [0.2, 0.25) is 0 Å². The third-order valence-electron chi connectivity index (χ3n) is 3.29. The summed E-state index contributed by atoms with van der Waals surface area (Å²) in [6.07, 6.45) is 4.25. The van der Waals surface area contributed by atoms with E-state index in [1.54, 1.807) is 0 Å². The van der Waals surface area contributed by atoms with Crippen molar-refractivity contribution in [2.24, 2.45) is 5.92 Å². The Morgan fingerprint density at radius 1 is 1.35 bits per heavy atom. The second-order valence-corrected chi connectivity index (χ2v) is 4.99. The Morgan fingerprint density at radius 2 is 2.12 bits per heavy atom. The summed E-state index contributed by atoms with van der Waals surface area (Å²) >= 11 is 5.97. The molecule has 1 aromatic rings. The van der Waals surface area contributed by atoms with E-state index in [9.17, 15) is 0 Å². The number of halogens is 1. The summed E-state index contributed by atoms with van der Waals surface area (Å²) in [7, 11) is 0. The molecule has 1 aliphatic carbocycles. The van der Waals surface area contributed by atoms with Crippen molar-refractivity contribution in [1.29, 1.82) is 5.26 Å². The predicted octanol–water partition coefficient (Wildman–Crippen LogP) is 4.11. The highest BCUT2D eigenvalue weighted by Crippen LogP contribution is 2.29. The number of ether oxygens (including phenoxy) is 1. The summed E-state index contributed by atoms with van der Waals surface area (Å²) in [5.74, 6) is 0.846. The lowest BCUT2D eigenvalue weighted by Gasteiger charge is -2.27. The third kappa shape index (κ3) is 2.92. The molecule has 1 saturated carbocycles. The van der Waals surface area contributed by atoms with Crippen molar-refractivity contribution < 1.29 is 4.74 Å². The van der Waals surface area contributed by atoms with Gasteiger partial charge < -0.3 is 4.74 Å². The monoisotopic (exact) mass is 249 g/mol. The van der Waals surface area contributed by atoms with E-state index >= 15 is 0 Å². The maximum Gasteiger partial charge on any atom is 0.120 e. The standard InChI is InChI=1S/C14H16ClNO/c1-10-8-12(6-7-13(10)15)17-14-5-3-2-4-11(14)9-16/h6-8,11,14H,2-5H2,1H3. The highest BCUT2D eigenvalue weighted by molar-refractivity contribution is 6.31. The smallest absolute Gasteiger partial charge is 0.120 e. The lowest BCUT2D eigenvalue weighted by atomic mass is 9.87. The average Bonchev–Trinajstić information content (AvgIpc) is 2.34. The Hall–Kier alpha value is -1.20. The van der Waals surface area contributed by atoms with Crippen LogP contribution in [0.2, 0.25) is 5.02 Å². The SMILES string of the molecule is Cc1cc(OC2CCCCC2C#N)ccc1Cl. The van der Waals surface area contributed by atoms with Gasteiger partial charge in [-0.1, -0.05) is 18.0 Å². The van der Waals surface area contributed by atoms with Gasteiger partial charge in [-0.25, -0.2) is 0 Å². The second kappa shape index (κ2) is 5.42. The van der Waals surface area contributed by atoms with Gasteiger partial charge >= 0.3 is 0 Å². The number of rotatable bonds is 2. The first-order chi connectivity index (χ1) is 8.20. The Kier molecular flexibility index (Phi) is 3.91. The highest BCUT2D eigenvalue weighted by atomic mass is 35.5. The molecule has 17 heavy (non-hydrogen) atoms. The maximum atomic E-state index is 9.09. The van der Waals surface area contributed by atoms with E-state index in [0.717, 1.165) is 42.0 Å². The third-order valence-corrected chi connectivity index (χ3v) is 3.71. The van der Waals surface area contributed by atoms with Crippen molar-refractivity contribution in [2.75, 3.05) is 0 Å². The summed E-state index contributed by atoms with van der Waals surface area (Å²) in [4.78, 5) is 0. The maximum absolute atomic E-state index is 9.09. The minimum Gasteiger partial charge on any atom is -0.489 e. The molecule has 0 radical (unpaired) electrons. The number of nitriles is 1. The van der Waals surface area contributed by atoms with Gasteiger partial charge in [-0.2, -0.15) is 5.26 Å². The van der Waals surface area contributed by atoms with Crippen LogP contribution in [0.25, 0.3) is 0 Å². The second-order valence-electron chi connectivity index (χ2n) is 4.59. The molecule has 0 bridgehead atoms. The molecule has 0 N–H and O–H groups in total. The van der Waals surface area contributed by atoms with E-state index in [-0.39, 0.29) is 12.0 Å². The molecular formula is C14H16ClNO. The fraction of sp³-hybridized carbons (Fsp3) is 0.500. The molecule has 3 heteroatoms. The topological polar surface area (TPSA) is 33.0 Å². The average molecular weight is 250 g/mol. The van der Waals surface area contributed by atoms with Gasteiger partial charge in [0.05, 0.1) is 12.0 Å². The summed E-state index contributed by atoms with van der Waals surface area (Å²) in [6.45, 7) is 1.96. The number of aryl methyl sites for hydroxylation is 1. The fourth-order valence-corrected chi connectivity index (χ4v) is 2.37. The van der Waals surface area contributed by atoms with Gasteiger partial charge in [-0.3, -0.25) is 0 Å². The van der Waals surface area contributed by atoms with Crippen LogP contribution < -0.4 is 4.74 Å². The van der Waals surface area contributed by atoms with Crippen LogP contribution in [-0.2, 0) is 0 Å². The zero-order valence-electron chi connectivity index (χ0n) is 9.95. The van der Waals surface area contributed by atoms with Crippen molar-refractivity contribution in [3.05, 3.63) is 28.8 Å². The highest BCUT2D eigenvalue weighted by Gasteiger charge is 2.26. The lowest BCUT2D eigenvalue weighted by molar-refractivity contribution is 0.120. The number of hydrogen-bond donors (Lipinski definition) is 0. The predicted molar refractivity (Wildman–Crippen MR) is 68.2 cm³/mol. The van der Waals surface area contributed by atoms with Crippen molar-refractivity contribution in [1.82, 2.24) is 0 Å². The molecule has 0 spiro atoms. The van der Waals surface area contributed by atoms with Crippen molar-refractivity contribution in [3.63, 3.8) is 0 Å². The summed E-state index contributed by atoms with van der Waals surface area (Å²) < 4.78 is 5.91. The molecule has 1 aliphatic rings. The molecule has 1 aromatic carbocycles. The Morgan fingerprint density at radius 3 is 2.82 bits per heavy atom. The normalized spacial score (nSPS) is 24.1. The fourth-order valence-electron chi connectivity index (χ4n) is 2.25. The molecular weight excluding hydrogens is 234 g/mol. The van der Waals surface area contributed by atoms with Crippen LogP contribution in [0.15, 0.2) is 18.2 Å². The molecule has 2 atom stereocenters. The molecule has 0 aliphatic heterocycles. The minimum absolute atomic E-state index is 0.0275. The molecule has 0 aromatic heterocycles. The number of nitrogens with zero attached hydrogens (tertiary/aromatic N) is 1. The van der Waals surface area contributed by atoms with Crippen molar-refractivity contribution in [2.45, 2.75) is 38.7 Å². The Balaban J connectivity index is 2.09. The van der Waals surface area contributed by atoms with E-state index in [4.69, 9.17) is 21.6 Å². The van der Waals surface area contributed by atoms with Crippen LogP contribution in [0.5, 0.6) is 5.75 Å². The van der Waals surface area contributed by atoms with Gasteiger partial charge in [0.15, 0.2) is 0 Å². The zero-order valence-corrected chi connectivity index (χ0v) is 10.7. The van der Waals surface area contributed by atoms with Gasteiger partial charge in [0, 0.05) is 5.02 Å². The van der Waals surface area contributed by atoms with E-state index in [1.165, 1.54) is 0 Å².